The second kappa shape index (κ2) is 8.16. The SMILES string of the molecule is [2H]C([2H])([2H])c1ccccc1-c1cccc2c1Cc1c(-c3ccc4c5ccccc5c5ccccc5c4c3)cccc1-2. The lowest BCUT2D eigenvalue weighted by atomic mass is 9.90. The van der Waals surface area contributed by atoms with Crippen molar-refractivity contribution in [2.75, 3.05) is 0 Å². The van der Waals surface area contributed by atoms with Gasteiger partial charge in [0.25, 0.3) is 0 Å². The minimum atomic E-state index is -2.17. The molecule has 0 heterocycles. The number of rotatable bonds is 2. The molecule has 0 saturated heterocycles. The molecule has 7 aromatic rings. The number of hydrogen-bond acceptors (Lipinski definition) is 0. The Morgan fingerprint density at radius 1 is 0.421 bits per heavy atom. The lowest BCUT2D eigenvalue weighted by Crippen LogP contribution is -1.91. The summed E-state index contributed by atoms with van der Waals surface area (Å²) in [7, 11) is 0. The Morgan fingerprint density at radius 3 is 1.55 bits per heavy atom. The van der Waals surface area contributed by atoms with Crippen molar-refractivity contribution in [2.45, 2.75) is 13.3 Å². The molecule has 0 heteroatoms. The Morgan fingerprint density at radius 2 is 0.895 bits per heavy atom. The molecule has 7 aromatic carbocycles. The molecule has 0 nitrogen and oxygen atoms in total. The molecule has 0 atom stereocenters. The molecule has 0 unspecified atom stereocenters. The minimum Gasteiger partial charge on any atom is -0.0620 e. The molecule has 0 bridgehead atoms. The van der Waals surface area contributed by atoms with Crippen molar-refractivity contribution >= 4 is 32.3 Å². The number of aryl methyl sites for hydroxylation is 1. The average molecular weight is 486 g/mol. The Bertz CT molecular complexity index is 2130. The summed E-state index contributed by atoms with van der Waals surface area (Å²) in [5, 5.41) is 7.62. The third-order valence-electron chi connectivity index (χ3n) is 8.27. The zero-order chi connectivity index (χ0) is 27.7. The molecule has 0 amide bonds. The lowest BCUT2D eigenvalue weighted by Gasteiger charge is -2.14. The van der Waals surface area contributed by atoms with Gasteiger partial charge in [0.15, 0.2) is 0 Å². The fourth-order valence-electron chi connectivity index (χ4n) is 6.55. The third-order valence-corrected chi connectivity index (χ3v) is 8.27. The van der Waals surface area contributed by atoms with Crippen LogP contribution in [0.4, 0.5) is 0 Å². The zero-order valence-corrected chi connectivity index (χ0v) is 20.8. The Hall–Kier alpha value is -4.68. The van der Waals surface area contributed by atoms with Gasteiger partial charge < -0.3 is 0 Å². The fraction of sp³-hybridized carbons (Fsp3) is 0.0526. The molecular formula is C38H26. The van der Waals surface area contributed by atoms with E-state index < -0.39 is 6.85 Å². The molecular weight excluding hydrogens is 456 g/mol. The highest BCUT2D eigenvalue weighted by atomic mass is 14.3. The van der Waals surface area contributed by atoms with Gasteiger partial charge in [-0.2, -0.15) is 0 Å². The quantitative estimate of drug-likeness (QED) is 0.214. The maximum Gasteiger partial charge on any atom is 0.0280 e. The Balaban J connectivity index is 1.32. The van der Waals surface area contributed by atoms with Crippen molar-refractivity contribution in [3.63, 3.8) is 0 Å². The van der Waals surface area contributed by atoms with Crippen molar-refractivity contribution < 1.29 is 4.11 Å². The highest BCUT2D eigenvalue weighted by Gasteiger charge is 2.25. The molecule has 0 fully saturated rings. The molecule has 1 aliphatic rings. The molecule has 8 rings (SSSR count). The standard InChI is InChI=1S/C38H26/c1-24-10-2-3-11-26(24)28-17-9-19-34-33-18-8-16-27(37(33)23-38(28)34)25-20-21-35-31-14-5-4-12-29(31)30-13-6-7-15-32(30)36(35)22-25/h2-22H,23H2,1H3/i1D3. The van der Waals surface area contributed by atoms with E-state index in [1.807, 2.05) is 18.2 Å². The summed E-state index contributed by atoms with van der Waals surface area (Å²) >= 11 is 0. The van der Waals surface area contributed by atoms with E-state index in [1.54, 1.807) is 6.07 Å². The number of fused-ring (bicyclic) bond motifs is 9. The van der Waals surface area contributed by atoms with E-state index in [4.69, 9.17) is 4.11 Å². The van der Waals surface area contributed by atoms with Crippen LogP contribution in [-0.2, 0) is 6.42 Å². The van der Waals surface area contributed by atoms with Crippen LogP contribution in [0.1, 0.15) is 20.8 Å². The van der Waals surface area contributed by atoms with Crippen LogP contribution in [0.3, 0.4) is 0 Å². The second-order valence-corrected chi connectivity index (χ2v) is 10.2. The van der Waals surface area contributed by atoms with Crippen molar-refractivity contribution in [3.05, 3.63) is 144 Å². The van der Waals surface area contributed by atoms with Gasteiger partial charge in [0.2, 0.25) is 0 Å². The Labute approximate surface area is 227 Å². The molecule has 0 N–H and O–H groups in total. The summed E-state index contributed by atoms with van der Waals surface area (Å²) in [4.78, 5) is 0. The van der Waals surface area contributed by atoms with Gasteiger partial charge in [-0.3, -0.25) is 0 Å². The maximum absolute atomic E-state index is 8.14. The van der Waals surface area contributed by atoms with E-state index in [0.717, 1.165) is 17.5 Å². The van der Waals surface area contributed by atoms with Gasteiger partial charge in [0, 0.05) is 4.11 Å². The summed E-state index contributed by atoms with van der Waals surface area (Å²) in [6.45, 7) is -2.17. The van der Waals surface area contributed by atoms with Crippen molar-refractivity contribution in [1.29, 1.82) is 0 Å². The van der Waals surface area contributed by atoms with Crippen molar-refractivity contribution in [3.8, 4) is 33.4 Å². The predicted molar refractivity (Wildman–Crippen MR) is 163 cm³/mol. The normalized spacial score (nSPS) is 13.7. The van der Waals surface area contributed by atoms with Gasteiger partial charge in [-0.25, -0.2) is 0 Å². The van der Waals surface area contributed by atoms with Gasteiger partial charge in [0.05, 0.1) is 0 Å². The van der Waals surface area contributed by atoms with Crippen LogP contribution in [-0.4, -0.2) is 0 Å². The summed E-state index contributed by atoms with van der Waals surface area (Å²) in [6.07, 6.45) is 0.767. The molecule has 38 heavy (non-hydrogen) atoms. The number of benzene rings is 7. The average Bonchev–Trinajstić information content (AvgIpc) is 3.40. The van der Waals surface area contributed by atoms with E-state index >= 15 is 0 Å². The Kier molecular flexibility index (Phi) is 3.98. The smallest absolute Gasteiger partial charge is 0.0280 e. The van der Waals surface area contributed by atoms with Crippen LogP contribution < -0.4 is 0 Å². The van der Waals surface area contributed by atoms with Gasteiger partial charge >= 0.3 is 0 Å². The van der Waals surface area contributed by atoms with Gasteiger partial charge in [-0.1, -0.05) is 121 Å². The minimum absolute atomic E-state index is 0.401. The van der Waals surface area contributed by atoms with Crippen LogP contribution in [0.25, 0.3) is 65.7 Å². The first-order valence-electron chi connectivity index (χ1n) is 14.7. The highest BCUT2D eigenvalue weighted by Crippen LogP contribution is 2.46. The van der Waals surface area contributed by atoms with Gasteiger partial charge in [0.1, 0.15) is 0 Å². The van der Waals surface area contributed by atoms with E-state index in [-0.39, 0.29) is 0 Å². The van der Waals surface area contributed by atoms with Gasteiger partial charge in [-0.05, 0) is 102 Å². The fourth-order valence-corrected chi connectivity index (χ4v) is 6.55. The van der Waals surface area contributed by atoms with Crippen LogP contribution in [0.15, 0.2) is 127 Å². The van der Waals surface area contributed by atoms with Crippen LogP contribution >= 0.6 is 0 Å². The summed E-state index contributed by atoms with van der Waals surface area (Å²) in [5.74, 6) is 0. The molecule has 0 spiro atoms. The van der Waals surface area contributed by atoms with Crippen molar-refractivity contribution in [1.82, 2.24) is 0 Å². The monoisotopic (exact) mass is 485 g/mol. The van der Waals surface area contributed by atoms with Crippen LogP contribution in [0.5, 0.6) is 0 Å². The molecule has 0 aliphatic heterocycles. The summed E-state index contributed by atoms with van der Waals surface area (Å²) in [5.41, 5.74) is 9.55. The summed E-state index contributed by atoms with van der Waals surface area (Å²) in [6, 6.07) is 44.6. The highest BCUT2D eigenvalue weighted by molar-refractivity contribution is 6.25. The first-order chi connectivity index (χ1) is 20.0. The second-order valence-electron chi connectivity index (χ2n) is 10.2. The molecule has 0 radical (unpaired) electrons. The van der Waals surface area contributed by atoms with Crippen LogP contribution in [0.2, 0.25) is 0 Å². The predicted octanol–water partition coefficient (Wildman–Crippen LogP) is 10.4. The molecule has 1 aliphatic carbocycles. The largest absolute Gasteiger partial charge is 0.0620 e. The van der Waals surface area contributed by atoms with E-state index in [2.05, 4.69) is 103 Å². The third kappa shape index (κ3) is 3.04. The topological polar surface area (TPSA) is 0 Å². The first kappa shape index (κ1) is 18.5. The molecule has 0 aromatic heterocycles. The maximum atomic E-state index is 8.14. The van der Waals surface area contributed by atoms with E-state index in [9.17, 15) is 0 Å². The van der Waals surface area contributed by atoms with Crippen molar-refractivity contribution in [2.24, 2.45) is 0 Å². The van der Waals surface area contributed by atoms with E-state index in [0.29, 0.717) is 5.56 Å². The zero-order valence-electron chi connectivity index (χ0n) is 23.8. The van der Waals surface area contributed by atoms with Crippen LogP contribution in [0, 0.1) is 6.85 Å². The first-order valence-corrected chi connectivity index (χ1v) is 13.2. The molecule has 178 valence electrons. The van der Waals surface area contributed by atoms with Gasteiger partial charge in [-0.15, -0.1) is 0 Å². The summed E-state index contributed by atoms with van der Waals surface area (Å²) < 4.78 is 24.4. The lowest BCUT2D eigenvalue weighted by molar-refractivity contribution is 1.26. The molecule has 0 saturated carbocycles. The van der Waals surface area contributed by atoms with E-state index in [1.165, 1.54) is 65.7 Å². The number of hydrogen-bond donors (Lipinski definition) is 0.